The second kappa shape index (κ2) is 7.75. The Morgan fingerprint density at radius 3 is 2.68 bits per heavy atom. The molecule has 0 heterocycles. The van der Waals surface area contributed by atoms with Gasteiger partial charge in [0.25, 0.3) is 0 Å². The Morgan fingerprint density at radius 1 is 1.32 bits per heavy atom. The van der Waals surface area contributed by atoms with E-state index < -0.39 is 18.1 Å². The van der Waals surface area contributed by atoms with Gasteiger partial charge < -0.3 is 20.8 Å². The van der Waals surface area contributed by atoms with Crippen molar-refractivity contribution in [3.63, 3.8) is 0 Å². The molecule has 1 atom stereocenters. The number of carbonyl (C=O) groups is 2. The number of aliphatic hydroxyl groups is 1. The highest BCUT2D eigenvalue weighted by Crippen LogP contribution is 2.11. The maximum absolute atomic E-state index is 11.4. The number of nitrogens with one attached hydrogen (secondary N) is 2. The number of halogens is 1. The average molecular weight is 331 g/mol. The lowest BCUT2D eigenvalue weighted by molar-refractivity contribution is -0.146. The van der Waals surface area contributed by atoms with Gasteiger partial charge in [-0.1, -0.05) is 28.1 Å². The SMILES string of the molecule is O=C(NCCC(O)C(=O)O)NCc1cccc(Br)c1. The van der Waals surface area contributed by atoms with Gasteiger partial charge in [-0.25, -0.2) is 9.59 Å². The fraction of sp³-hybridized carbons (Fsp3) is 0.333. The van der Waals surface area contributed by atoms with Gasteiger partial charge in [-0.15, -0.1) is 0 Å². The molecule has 1 unspecified atom stereocenters. The lowest BCUT2D eigenvalue weighted by Crippen LogP contribution is -2.37. The van der Waals surface area contributed by atoms with Crippen LogP contribution in [0.3, 0.4) is 0 Å². The number of hydrogen-bond acceptors (Lipinski definition) is 3. The van der Waals surface area contributed by atoms with E-state index in [1.54, 1.807) is 0 Å². The van der Waals surface area contributed by atoms with Crippen LogP contribution in [0.4, 0.5) is 4.79 Å². The first-order chi connectivity index (χ1) is 8.99. The summed E-state index contributed by atoms with van der Waals surface area (Å²) in [4.78, 5) is 21.7. The van der Waals surface area contributed by atoms with Crippen LogP contribution in [0, 0.1) is 0 Å². The first kappa shape index (κ1) is 15.5. The molecule has 0 saturated carbocycles. The molecule has 0 fully saturated rings. The van der Waals surface area contributed by atoms with Crippen molar-refractivity contribution in [3.05, 3.63) is 34.3 Å². The lowest BCUT2D eigenvalue weighted by atomic mass is 10.2. The first-order valence-corrected chi connectivity index (χ1v) is 6.45. The minimum Gasteiger partial charge on any atom is -0.479 e. The number of rotatable bonds is 6. The Balaban J connectivity index is 2.23. The molecule has 1 rings (SSSR count). The number of hydrogen-bond donors (Lipinski definition) is 4. The van der Waals surface area contributed by atoms with Crippen molar-refractivity contribution in [2.75, 3.05) is 6.54 Å². The highest BCUT2D eigenvalue weighted by atomic mass is 79.9. The summed E-state index contributed by atoms with van der Waals surface area (Å²) in [5.74, 6) is -1.30. The maximum atomic E-state index is 11.4. The molecule has 0 aliphatic heterocycles. The van der Waals surface area contributed by atoms with Crippen molar-refractivity contribution >= 4 is 27.9 Å². The predicted molar refractivity (Wildman–Crippen MR) is 72.6 cm³/mol. The van der Waals surface area contributed by atoms with Crippen molar-refractivity contribution in [2.24, 2.45) is 0 Å². The zero-order valence-electron chi connectivity index (χ0n) is 10.1. The van der Waals surface area contributed by atoms with Crippen molar-refractivity contribution in [1.82, 2.24) is 10.6 Å². The number of carboxylic acids is 1. The van der Waals surface area contributed by atoms with Crippen LogP contribution in [-0.2, 0) is 11.3 Å². The van der Waals surface area contributed by atoms with Crippen LogP contribution in [0.1, 0.15) is 12.0 Å². The third kappa shape index (κ3) is 6.21. The minimum absolute atomic E-state index is 0.0281. The zero-order valence-corrected chi connectivity index (χ0v) is 11.7. The molecule has 2 amide bonds. The Kier molecular flexibility index (Phi) is 6.31. The molecule has 0 aromatic heterocycles. The summed E-state index contributed by atoms with van der Waals surface area (Å²) in [5.41, 5.74) is 0.940. The molecule has 0 spiro atoms. The van der Waals surface area contributed by atoms with Gasteiger partial charge in [0.15, 0.2) is 6.10 Å². The monoisotopic (exact) mass is 330 g/mol. The zero-order chi connectivity index (χ0) is 14.3. The molecule has 19 heavy (non-hydrogen) atoms. The Hall–Kier alpha value is -1.60. The lowest BCUT2D eigenvalue weighted by Gasteiger charge is -2.09. The quantitative estimate of drug-likeness (QED) is 0.627. The molecule has 0 saturated heterocycles. The molecular weight excluding hydrogens is 316 g/mol. The molecule has 104 valence electrons. The van der Waals surface area contributed by atoms with E-state index in [0.717, 1.165) is 10.0 Å². The molecule has 6 nitrogen and oxygen atoms in total. The summed E-state index contributed by atoms with van der Waals surface area (Å²) in [6.07, 6.45) is -1.48. The fourth-order valence-corrected chi connectivity index (χ4v) is 1.78. The summed E-state index contributed by atoms with van der Waals surface area (Å²) in [6, 6.07) is 7.10. The van der Waals surface area contributed by atoms with Crippen molar-refractivity contribution < 1.29 is 19.8 Å². The van der Waals surface area contributed by atoms with Crippen LogP contribution in [0.25, 0.3) is 0 Å². The van der Waals surface area contributed by atoms with Gasteiger partial charge >= 0.3 is 12.0 Å². The van der Waals surface area contributed by atoms with Gasteiger partial charge in [-0.2, -0.15) is 0 Å². The molecule has 0 aliphatic carbocycles. The summed E-state index contributed by atoms with van der Waals surface area (Å²) in [5, 5.41) is 22.5. The Labute approximate surface area is 118 Å². The molecule has 1 aromatic rings. The molecule has 0 bridgehead atoms. The summed E-state index contributed by atoms with van der Waals surface area (Å²) >= 11 is 3.33. The van der Waals surface area contributed by atoms with E-state index in [1.807, 2.05) is 24.3 Å². The average Bonchev–Trinajstić information content (AvgIpc) is 2.36. The highest BCUT2D eigenvalue weighted by Gasteiger charge is 2.12. The third-order valence-corrected chi connectivity index (χ3v) is 2.82. The molecule has 1 aromatic carbocycles. The summed E-state index contributed by atoms with van der Waals surface area (Å²) < 4.78 is 0.928. The van der Waals surface area contributed by atoms with Crippen LogP contribution < -0.4 is 10.6 Å². The van der Waals surface area contributed by atoms with E-state index in [0.29, 0.717) is 6.54 Å². The molecule has 0 radical (unpaired) electrons. The van der Waals surface area contributed by atoms with Crippen LogP contribution >= 0.6 is 15.9 Å². The second-order valence-electron chi connectivity index (χ2n) is 3.88. The number of aliphatic carboxylic acids is 1. The highest BCUT2D eigenvalue weighted by molar-refractivity contribution is 9.10. The predicted octanol–water partition coefficient (Wildman–Crippen LogP) is 1.08. The number of urea groups is 1. The van der Waals surface area contributed by atoms with Gasteiger partial charge in [0, 0.05) is 24.0 Å². The largest absolute Gasteiger partial charge is 0.479 e. The minimum atomic E-state index is -1.45. The van der Waals surface area contributed by atoms with Crippen LogP contribution in [0.5, 0.6) is 0 Å². The van der Waals surface area contributed by atoms with E-state index in [2.05, 4.69) is 26.6 Å². The van der Waals surface area contributed by atoms with E-state index in [4.69, 9.17) is 10.2 Å². The Bertz CT molecular complexity index is 453. The van der Waals surface area contributed by atoms with Crippen LogP contribution in [0.15, 0.2) is 28.7 Å². The van der Waals surface area contributed by atoms with Gasteiger partial charge in [0.05, 0.1) is 0 Å². The number of carboxylic acid groups (broad SMARTS) is 1. The normalized spacial score (nSPS) is 11.7. The summed E-state index contributed by atoms with van der Waals surface area (Å²) in [7, 11) is 0. The number of aliphatic hydroxyl groups excluding tert-OH is 1. The topological polar surface area (TPSA) is 98.7 Å². The molecular formula is C12H15BrN2O4. The van der Waals surface area contributed by atoms with Crippen LogP contribution in [-0.4, -0.2) is 34.9 Å². The van der Waals surface area contributed by atoms with Gasteiger partial charge in [0.2, 0.25) is 0 Å². The van der Waals surface area contributed by atoms with Gasteiger partial charge in [-0.05, 0) is 17.7 Å². The standard InChI is InChI=1S/C12H15BrN2O4/c13-9-3-1-2-8(6-9)7-15-12(19)14-5-4-10(16)11(17)18/h1-3,6,10,16H,4-5,7H2,(H,17,18)(H2,14,15,19). The molecule has 4 N–H and O–H groups in total. The molecule has 7 heteroatoms. The van der Waals surface area contributed by atoms with Crippen molar-refractivity contribution in [2.45, 2.75) is 19.1 Å². The van der Waals surface area contributed by atoms with E-state index in [1.165, 1.54) is 0 Å². The van der Waals surface area contributed by atoms with Gasteiger partial charge in [-0.3, -0.25) is 0 Å². The van der Waals surface area contributed by atoms with Crippen LogP contribution in [0.2, 0.25) is 0 Å². The van der Waals surface area contributed by atoms with Gasteiger partial charge in [0.1, 0.15) is 0 Å². The first-order valence-electron chi connectivity index (χ1n) is 5.66. The Morgan fingerprint density at radius 2 is 2.05 bits per heavy atom. The fourth-order valence-electron chi connectivity index (χ4n) is 1.34. The smallest absolute Gasteiger partial charge is 0.332 e. The maximum Gasteiger partial charge on any atom is 0.332 e. The van der Waals surface area contributed by atoms with E-state index in [9.17, 15) is 9.59 Å². The third-order valence-electron chi connectivity index (χ3n) is 2.33. The summed E-state index contributed by atoms with van der Waals surface area (Å²) in [6.45, 7) is 0.463. The van der Waals surface area contributed by atoms with Crippen molar-refractivity contribution in [3.8, 4) is 0 Å². The second-order valence-corrected chi connectivity index (χ2v) is 4.80. The van der Waals surface area contributed by atoms with Crippen molar-refractivity contribution in [1.29, 1.82) is 0 Å². The number of carbonyl (C=O) groups excluding carboxylic acids is 1. The van der Waals surface area contributed by atoms with E-state index >= 15 is 0 Å². The molecule has 0 aliphatic rings. The number of benzene rings is 1. The van der Waals surface area contributed by atoms with E-state index in [-0.39, 0.29) is 13.0 Å². The number of amides is 2.